The van der Waals surface area contributed by atoms with Gasteiger partial charge in [-0.3, -0.25) is 13.9 Å². The van der Waals surface area contributed by atoms with Crippen LogP contribution in [0.5, 0.6) is 0 Å². The van der Waals surface area contributed by atoms with Crippen molar-refractivity contribution < 1.29 is 18.0 Å². The number of rotatable bonds is 7. The molecule has 3 rings (SSSR count). The number of anilines is 3. The summed E-state index contributed by atoms with van der Waals surface area (Å²) in [6.07, 6.45) is 1.06. The molecule has 35 heavy (non-hydrogen) atoms. The number of carbonyl (C=O) groups is 2. The van der Waals surface area contributed by atoms with E-state index in [4.69, 9.17) is 0 Å². The Morgan fingerprint density at radius 2 is 1.40 bits per heavy atom. The van der Waals surface area contributed by atoms with Gasteiger partial charge in [-0.15, -0.1) is 0 Å². The molecular formula is C27H31N3O4S. The van der Waals surface area contributed by atoms with Crippen molar-refractivity contribution in [1.29, 1.82) is 0 Å². The second-order valence-electron chi connectivity index (χ2n) is 9.42. The molecule has 0 heterocycles. The van der Waals surface area contributed by atoms with Crippen molar-refractivity contribution in [2.24, 2.45) is 0 Å². The van der Waals surface area contributed by atoms with Crippen molar-refractivity contribution in [2.45, 2.75) is 39.2 Å². The second-order valence-corrected chi connectivity index (χ2v) is 11.3. The van der Waals surface area contributed by atoms with E-state index in [9.17, 15) is 18.0 Å². The summed E-state index contributed by atoms with van der Waals surface area (Å²) < 4.78 is 25.9. The molecular weight excluding hydrogens is 462 g/mol. The van der Waals surface area contributed by atoms with Gasteiger partial charge in [0, 0.05) is 16.9 Å². The van der Waals surface area contributed by atoms with Crippen molar-refractivity contribution in [3.63, 3.8) is 0 Å². The zero-order chi connectivity index (χ0) is 25.8. The minimum Gasteiger partial charge on any atom is -0.324 e. The molecule has 3 aromatic rings. The molecule has 1 atom stereocenters. The second kappa shape index (κ2) is 10.3. The average Bonchev–Trinajstić information content (AvgIpc) is 2.78. The fourth-order valence-electron chi connectivity index (χ4n) is 3.63. The maximum absolute atomic E-state index is 12.9. The summed E-state index contributed by atoms with van der Waals surface area (Å²) in [7, 11) is -3.71. The molecule has 2 N–H and O–H groups in total. The molecule has 0 aliphatic heterocycles. The lowest BCUT2D eigenvalue weighted by Crippen LogP contribution is -2.45. The van der Waals surface area contributed by atoms with Crippen LogP contribution in [0.2, 0.25) is 0 Å². The quantitative estimate of drug-likeness (QED) is 0.483. The minimum absolute atomic E-state index is 0.00806. The zero-order valence-electron chi connectivity index (χ0n) is 20.6. The first-order chi connectivity index (χ1) is 16.4. The van der Waals surface area contributed by atoms with Crippen molar-refractivity contribution in [3.05, 3.63) is 90.0 Å². The standard InChI is InChI=1S/C27H31N3O4S/c1-19(30(35(5,33)34)24-12-7-6-8-13-24)25(31)28-22-10-9-11-23(18-22)29-26(32)20-14-16-21(17-15-20)27(2,3)4/h6-19H,1-5H3,(H,28,31)(H,29,32)/t19-/m1/s1. The summed E-state index contributed by atoms with van der Waals surface area (Å²) in [6.45, 7) is 7.85. The van der Waals surface area contributed by atoms with Gasteiger partial charge in [0.1, 0.15) is 6.04 Å². The SMILES string of the molecule is C[C@H](C(=O)Nc1cccc(NC(=O)c2ccc(C(C)(C)C)cc2)c1)N(c1ccccc1)S(C)(=O)=O. The minimum atomic E-state index is -3.71. The van der Waals surface area contributed by atoms with Crippen LogP contribution in [-0.2, 0) is 20.2 Å². The van der Waals surface area contributed by atoms with Crippen LogP contribution >= 0.6 is 0 Å². The highest BCUT2D eigenvalue weighted by atomic mass is 32.2. The van der Waals surface area contributed by atoms with Gasteiger partial charge in [0.15, 0.2) is 0 Å². The van der Waals surface area contributed by atoms with Crippen LogP contribution in [0, 0.1) is 0 Å². The van der Waals surface area contributed by atoms with Crippen LogP contribution in [-0.4, -0.2) is 32.5 Å². The molecule has 0 radical (unpaired) electrons. The predicted molar refractivity (Wildman–Crippen MR) is 141 cm³/mol. The van der Waals surface area contributed by atoms with Gasteiger partial charge in [0.25, 0.3) is 5.91 Å². The maximum atomic E-state index is 12.9. The highest BCUT2D eigenvalue weighted by Crippen LogP contribution is 2.24. The summed E-state index contributed by atoms with van der Waals surface area (Å²) in [5.41, 5.74) is 2.98. The van der Waals surface area contributed by atoms with Gasteiger partial charge >= 0.3 is 0 Å². The topological polar surface area (TPSA) is 95.6 Å². The summed E-state index contributed by atoms with van der Waals surface area (Å²) in [6, 6.07) is 21.6. The van der Waals surface area contributed by atoms with Crippen molar-refractivity contribution in [3.8, 4) is 0 Å². The van der Waals surface area contributed by atoms with Gasteiger partial charge in [-0.1, -0.05) is 57.2 Å². The lowest BCUT2D eigenvalue weighted by atomic mass is 9.87. The Bertz CT molecular complexity index is 1300. The third-order valence-electron chi connectivity index (χ3n) is 5.50. The van der Waals surface area contributed by atoms with E-state index in [1.165, 1.54) is 6.92 Å². The van der Waals surface area contributed by atoms with E-state index in [2.05, 4.69) is 31.4 Å². The number of sulfonamides is 1. The Morgan fingerprint density at radius 3 is 1.94 bits per heavy atom. The predicted octanol–water partition coefficient (Wildman–Crippen LogP) is 5.03. The maximum Gasteiger partial charge on any atom is 0.255 e. The molecule has 8 heteroatoms. The molecule has 0 spiro atoms. The lowest BCUT2D eigenvalue weighted by molar-refractivity contribution is -0.116. The van der Waals surface area contributed by atoms with Crippen LogP contribution in [0.1, 0.15) is 43.6 Å². The number of benzene rings is 3. The third kappa shape index (κ3) is 6.70. The van der Waals surface area contributed by atoms with Crippen molar-refractivity contribution in [1.82, 2.24) is 0 Å². The average molecular weight is 494 g/mol. The first kappa shape index (κ1) is 26.0. The van der Waals surface area contributed by atoms with Crippen LogP contribution < -0.4 is 14.9 Å². The Morgan fingerprint density at radius 1 is 0.829 bits per heavy atom. The fourth-order valence-corrected chi connectivity index (χ4v) is 4.80. The van der Waals surface area contributed by atoms with Gasteiger partial charge in [0.05, 0.1) is 11.9 Å². The Hall–Kier alpha value is -3.65. The van der Waals surface area contributed by atoms with Gasteiger partial charge in [-0.25, -0.2) is 8.42 Å². The number of nitrogens with zero attached hydrogens (tertiary/aromatic N) is 1. The normalized spacial score (nSPS) is 12.5. The molecule has 184 valence electrons. The van der Waals surface area contributed by atoms with Crippen LogP contribution in [0.3, 0.4) is 0 Å². The van der Waals surface area contributed by atoms with E-state index >= 15 is 0 Å². The molecule has 0 aromatic heterocycles. The van der Waals surface area contributed by atoms with Crippen LogP contribution in [0.4, 0.5) is 17.1 Å². The highest BCUT2D eigenvalue weighted by molar-refractivity contribution is 7.92. The molecule has 0 unspecified atom stereocenters. The summed E-state index contributed by atoms with van der Waals surface area (Å²) in [5, 5.41) is 5.58. The molecule has 2 amide bonds. The highest BCUT2D eigenvalue weighted by Gasteiger charge is 2.29. The number of hydrogen-bond donors (Lipinski definition) is 2. The van der Waals surface area contributed by atoms with Crippen molar-refractivity contribution in [2.75, 3.05) is 21.2 Å². The first-order valence-electron chi connectivity index (χ1n) is 11.2. The molecule has 7 nitrogen and oxygen atoms in total. The molecule has 0 saturated carbocycles. The van der Waals surface area contributed by atoms with Gasteiger partial charge in [-0.2, -0.15) is 0 Å². The molecule has 0 fully saturated rings. The summed E-state index contributed by atoms with van der Waals surface area (Å²) in [5.74, 6) is -0.768. The monoisotopic (exact) mass is 493 g/mol. The molecule has 0 aliphatic carbocycles. The van der Waals surface area contributed by atoms with E-state index in [-0.39, 0.29) is 11.3 Å². The number of carbonyl (C=O) groups excluding carboxylic acids is 2. The van der Waals surface area contributed by atoms with E-state index < -0.39 is 22.0 Å². The summed E-state index contributed by atoms with van der Waals surface area (Å²) in [4.78, 5) is 25.6. The third-order valence-corrected chi connectivity index (χ3v) is 6.74. The largest absolute Gasteiger partial charge is 0.324 e. The van der Waals surface area contributed by atoms with Gasteiger partial charge in [0.2, 0.25) is 15.9 Å². The molecule has 3 aromatic carbocycles. The molecule has 0 saturated heterocycles. The number of nitrogens with one attached hydrogen (secondary N) is 2. The van der Waals surface area contributed by atoms with Crippen molar-refractivity contribution >= 4 is 38.9 Å². The Balaban J connectivity index is 1.73. The first-order valence-corrected chi connectivity index (χ1v) is 13.1. The molecule has 0 bridgehead atoms. The lowest BCUT2D eigenvalue weighted by Gasteiger charge is -2.28. The Labute approximate surface area is 207 Å². The summed E-state index contributed by atoms with van der Waals surface area (Å²) >= 11 is 0. The zero-order valence-corrected chi connectivity index (χ0v) is 21.4. The smallest absolute Gasteiger partial charge is 0.255 e. The van der Waals surface area contributed by atoms with Crippen LogP contribution in [0.15, 0.2) is 78.9 Å². The number of amides is 2. The fraction of sp³-hybridized carbons (Fsp3) is 0.259. The van der Waals surface area contributed by atoms with Gasteiger partial charge in [-0.05, 0) is 60.4 Å². The Kier molecular flexibility index (Phi) is 7.65. The van der Waals surface area contributed by atoms with E-state index in [1.54, 1.807) is 66.7 Å². The van der Waals surface area contributed by atoms with E-state index in [0.29, 0.717) is 22.6 Å². The van der Waals surface area contributed by atoms with Crippen LogP contribution in [0.25, 0.3) is 0 Å². The number of hydrogen-bond acceptors (Lipinski definition) is 4. The molecule has 0 aliphatic rings. The van der Waals surface area contributed by atoms with E-state index in [1.807, 2.05) is 12.1 Å². The number of para-hydroxylation sites is 1. The van der Waals surface area contributed by atoms with Gasteiger partial charge < -0.3 is 10.6 Å². The van der Waals surface area contributed by atoms with E-state index in [0.717, 1.165) is 16.1 Å².